The van der Waals surface area contributed by atoms with Gasteiger partial charge in [0.25, 0.3) is 0 Å². The Balaban J connectivity index is 2.74. The van der Waals surface area contributed by atoms with E-state index >= 15 is 0 Å². The minimum absolute atomic E-state index is 0.306. The van der Waals surface area contributed by atoms with E-state index in [0.29, 0.717) is 4.88 Å². The molecule has 1 aromatic heterocycles. The maximum Gasteiger partial charge on any atom is 0.246 e. The van der Waals surface area contributed by atoms with Crippen LogP contribution in [-0.2, 0) is 4.79 Å². The van der Waals surface area contributed by atoms with Gasteiger partial charge in [0, 0.05) is 11.3 Å². The van der Waals surface area contributed by atoms with Crippen LogP contribution >= 0.6 is 22.9 Å². The van der Waals surface area contributed by atoms with Crippen LogP contribution < -0.4 is 0 Å². The average Bonchev–Trinajstić information content (AvgIpc) is 2.50. The van der Waals surface area contributed by atoms with Crippen LogP contribution in [0.15, 0.2) is 17.5 Å². The highest BCUT2D eigenvalue weighted by Gasteiger charge is 2.25. The second kappa shape index (κ2) is 4.67. The number of rotatable bonds is 4. The summed E-state index contributed by atoms with van der Waals surface area (Å²) in [5.41, 5.74) is 0. The predicted molar refractivity (Wildman–Crippen MR) is 48.5 cm³/mol. The second-order valence-corrected chi connectivity index (χ2v) is 3.92. The minimum atomic E-state index is -2.54. The van der Waals surface area contributed by atoms with Gasteiger partial charge in [0.05, 0.1) is 5.92 Å². The molecule has 5 heteroatoms. The fourth-order valence-electron chi connectivity index (χ4n) is 0.989. The molecule has 0 aromatic carbocycles. The van der Waals surface area contributed by atoms with Gasteiger partial charge in [0.2, 0.25) is 11.7 Å². The molecule has 0 saturated heterocycles. The first kappa shape index (κ1) is 10.6. The normalized spacial score (nSPS) is 13.2. The predicted octanol–water partition coefficient (Wildman–Crippen LogP) is 3.25. The smallest absolute Gasteiger partial charge is 0.246 e. The van der Waals surface area contributed by atoms with Crippen molar-refractivity contribution in [2.45, 2.75) is 18.8 Å². The molecule has 1 aromatic rings. The van der Waals surface area contributed by atoms with Crippen LogP contribution in [0.3, 0.4) is 0 Å². The number of alkyl halides is 2. The van der Waals surface area contributed by atoms with Gasteiger partial charge < -0.3 is 0 Å². The molecule has 13 heavy (non-hydrogen) atoms. The van der Waals surface area contributed by atoms with Crippen molar-refractivity contribution >= 4 is 28.2 Å². The Morgan fingerprint density at radius 2 is 2.31 bits per heavy atom. The summed E-state index contributed by atoms with van der Waals surface area (Å²) in [5, 5.41) is 0.974. The van der Waals surface area contributed by atoms with Crippen molar-refractivity contribution in [3.63, 3.8) is 0 Å². The van der Waals surface area contributed by atoms with Gasteiger partial charge in [0.1, 0.15) is 0 Å². The summed E-state index contributed by atoms with van der Waals surface area (Å²) >= 11 is 6.28. The highest BCUT2D eigenvalue weighted by atomic mass is 35.5. The first-order valence-corrected chi connectivity index (χ1v) is 4.87. The van der Waals surface area contributed by atoms with Gasteiger partial charge in [-0.3, -0.25) is 4.79 Å². The van der Waals surface area contributed by atoms with Crippen molar-refractivity contribution in [3.8, 4) is 0 Å². The lowest BCUT2D eigenvalue weighted by molar-refractivity contribution is -0.112. The average molecular weight is 225 g/mol. The molecule has 0 amide bonds. The maximum absolute atomic E-state index is 12.4. The van der Waals surface area contributed by atoms with Gasteiger partial charge in [-0.1, -0.05) is 6.07 Å². The molecule has 1 nitrogen and oxygen atoms in total. The third-order valence-electron chi connectivity index (χ3n) is 1.59. The van der Waals surface area contributed by atoms with Gasteiger partial charge in [-0.25, -0.2) is 8.78 Å². The lowest BCUT2D eigenvalue weighted by Gasteiger charge is -2.10. The van der Waals surface area contributed by atoms with Crippen molar-refractivity contribution in [2.24, 2.45) is 0 Å². The maximum atomic E-state index is 12.4. The number of hydrogen-bond acceptors (Lipinski definition) is 2. The Kier molecular flexibility index (Phi) is 3.81. The molecule has 1 unspecified atom stereocenters. The highest BCUT2D eigenvalue weighted by Crippen LogP contribution is 2.30. The standard InChI is InChI=1S/C8H7ClF2OS/c9-7(12)4-5(8(10)11)6-2-1-3-13-6/h1-3,5,8H,4H2. The Hall–Kier alpha value is -0.480. The van der Waals surface area contributed by atoms with Crippen molar-refractivity contribution in [2.75, 3.05) is 0 Å². The van der Waals surface area contributed by atoms with Crippen molar-refractivity contribution < 1.29 is 13.6 Å². The van der Waals surface area contributed by atoms with Gasteiger partial charge in [0.15, 0.2) is 0 Å². The van der Waals surface area contributed by atoms with E-state index in [9.17, 15) is 13.6 Å². The molecular weight excluding hydrogens is 218 g/mol. The molecule has 0 aliphatic heterocycles. The summed E-state index contributed by atoms with van der Waals surface area (Å²) in [5.74, 6) is -1.05. The summed E-state index contributed by atoms with van der Waals surface area (Å²) in [6, 6.07) is 3.26. The van der Waals surface area contributed by atoms with Crippen LogP contribution in [0, 0.1) is 0 Å². The lowest BCUT2D eigenvalue weighted by atomic mass is 10.1. The summed E-state index contributed by atoms with van der Waals surface area (Å²) in [4.78, 5) is 11.0. The summed E-state index contributed by atoms with van der Waals surface area (Å²) < 4.78 is 24.8. The molecule has 0 bridgehead atoms. The van der Waals surface area contributed by atoms with Crippen molar-refractivity contribution in [1.29, 1.82) is 0 Å². The summed E-state index contributed by atoms with van der Waals surface area (Å²) in [6.07, 6.45) is -2.85. The Labute approximate surface area is 83.3 Å². The van der Waals surface area contributed by atoms with Crippen LogP contribution in [0.1, 0.15) is 17.2 Å². The molecule has 0 radical (unpaired) electrons. The monoisotopic (exact) mass is 224 g/mol. The molecule has 0 fully saturated rings. The number of carbonyl (C=O) groups is 1. The van der Waals surface area contributed by atoms with E-state index in [0.717, 1.165) is 0 Å². The van der Waals surface area contributed by atoms with Crippen molar-refractivity contribution in [1.82, 2.24) is 0 Å². The van der Waals surface area contributed by atoms with Crippen LogP contribution in [0.2, 0.25) is 0 Å². The zero-order chi connectivity index (χ0) is 9.84. The van der Waals surface area contributed by atoms with Gasteiger partial charge >= 0.3 is 0 Å². The van der Waals surface area contributed by atoms with E-state index in [2.05, 4.69) is 0 Å². The topological polar surface area (TPSA) is 17.1 Å². The SMILES string of the molecule is O=C(Cl)CC(c1cccs1)C(F)F. The van der Waals surface area contributed by atoms with Gasteiger partial charge in [-0.15, -0.1) is 11.3 Å². The van der Waals surface area contributed by atoms with E-state index < -0.39 is 17.6 Å². The van der Waals surface area contributed by atoms with Crippen LogP contribution in [0.4, 0.5) is 8.78 Å². The first-order chi connectivity index (χ1) is 6.11. The molecule has 0 aliphatic rings. The number of thiophene rings is 1. The largest absolute Gasteiger partial charge is 0.281 e. The molecule has 1 heterocycles. The third kappa shape index (κ3) is 3.04. The fourth-order valence-corrected chi connectivity index (χ4v) is 1.99. The molecule has 1 rings (SSSR count). The summed E-state index contributed by atoms with van der Waals surface area (Å²) in [6.45, 7) is 0. The zero-order valence-corrected chi connectivity index (χ0v) is 8.12. The molecule has 1 atom stereocenters. The molecule has 0 saturated carbocycles. The molecule has 0 aliphatic carbocycles. The quantitative estimate of drug-likeness (QED) is 0.718. The van der Waals surface area contributed by atoms with E-state index in [1.807, 2.05) is 0 Å². The van der Waals surface area contributed by atoms with Crippen LogP contribution in [-0.4, -0.2) is 11.7 Å². The fraction of sp³-hybridized carbons (Fsp3) is 0.375. The Bertz CT molecular complexity index is 274. The summed E-state index contributed by atoms with van der Waals surface area (Å²) in [7, 11) is 0. The highest BCUT2D eigenvalue weighted by molar-refractivity contribution is 7.10. The molecular formula is C8H7ClF2OS. The van der Waals surface area contributed by atoms with Gasteiger partial charge in [-0.2, -0.15) is 0 Å². The van der Waals surface area contributed by atoms with E-state index in [1.165, 1.54) is 11.3 Å². The third-order valence-corrected chi connectivity index (χ3v) is 2.75. The molecule has 72 valence electrons. The van der Waals surface area contributed by atoms with Crippen molar-refractivity contribution in [3.05, 3.63) is 22.4 Å². The van der Waals surface area contributed by atoms with Crippen LogP contribution in [0.5, 0.6) is 0 Å². The number of halogens is 3. The Morgan fingerprint density at radius 3 is 2.69 bits per heavy atom. The van der Waals surface area contributed by atoms with E-state index in [1.54, 1.807) is 17.5 Å². The Morgan fingerprint density at radius 1 is 1.62 bits per heavy atom. The first-order valence-electron chi connectivity index (χ1n) is 3.61. The van der Waals surface area contributed by atoms with Gasteiger partial charge in [-0.05, 0) is 23.0 Å². The number of carbonyl (C=O) groups excluding carboxylic acids is 1. The van der Waals surface area contributed by atoms with E-state index in [4.69, 9.17) is 11.6 Å². The molecule has 0 spiro atoms. The minimum Gasteiger partial charge on any atom is -0.281 e. The van der Waals surface area contributed by atoms with Crippen LogP contribution in [0.25, 0.3) is 0 Å². The van der Waals surface area contributed by atoms with E-state index in [-0.39, 0.29) is 6.42 Å². The molecule has 0 N–H and O–H groups in total. The lowest BCUT2D eigenvalue weighted by Crippen LogP contribution is -2.10. The second-order valence-electron chi connectivity index (χ2n) is 2.52. The zero-order valence-electron chi connectivity index (χ0n) is 6.54. The number of hydrogen-bond donors (Lipinski definition) is 0.